The number of unbranched alkanes of at least 4 members (excludes halogenated alkanes) is 1. The van der Waals surface area contributed by atoms with Gasteiger partial charge in [-0.1, -0.05) is 69.7 Å². The van der Waals surface area contributed by atoms with Gasteiger partial charge in [-0.3, -0.25) is 4.79 Å². The number of benzene rings is 1. The summed E-state index contributed by atoms with van der Waals surface area (Å²) in [6.45, 7) is 14.0. The molecule has 0 fully saturated rings. The number of carboxylic acids is 1. The fourth-order valence-electron chi connectivity index (χ4n) is 4.23. The molecule has 35 heavy (non-hydrogen) atoms. The minimum atomic E-state index is -1.98. The maximum Gasteiger partial charge on any atom is 0.303 e. The number of hydrogen-bond donors (Lipinski definition) is 2. The first-order chi connectivity index (χ1) is 16.3. The van der Waals surface area contributed by atoms with Crippen LogP contribution >= 0.6 is 0 Å². The van der Waals surface area contributed by atoms with Gasteiger partial charge < -0.3 is 19.4 Å². The van der Waals surface area contributed by atoms with Gasteiger partial charge in [0.25, 0.3) is 0 Å². The van der Waals surface area contributed by atoms with E-state index >= 15 is 0 Å². The SMILES string of the molecule is CC(C)(C)[Si](C)(C)O[C@@H](CCC1=CC[C@H](O)[C@]1(C)C/C=C\CCCC(=O)O)COc1ccccc1. The van der Waals surface area contributed by atoms with Crippen molar-refractivity contribution in [3.05, 3.63) is 54.1 Å². The molecule has 1 aromatic carbocycles. The largest absolute Gasteiger partial charge is 0.491 e. The van der Waals surface area contributed by atoms with E-state index in [-0.39, 0.29) is 23.0 Å². The maximum absolute atomic E-state index is 10.8. The lowest BCUT2D eigenvalue weighted by atomic mass is 9.76. The Balaban J connectivity index is 2.03. The number of hydrogen-bond acceptors (Lipinski definition) is 4. The molecule has 2 rings (SSSR count). The highest BCUT2D eigenvalue weighted by Crippen LogP contribution is 2.45. The van der Waals surface area contributed by atoms with Crippen LogP contribution in [0.3, 0.4) is 0 Å². The molecule has 0 spiro atoms. The summed E-state index contributed by atoms with van der Waals surface area (Å²) in [4.78, 5) is 10.7. The lowest BCUT2D eigenvalue weighted by Gasteiger charge is -2.39. The second-order valence-corrected chi connectivity index (χ2v) is 16.3. The smallest absolute Gasteiger partial charge is 0.303 e. The Hall–Kier alpha value is -1.89. The van der Waals surface area contributed by atoms with Crippen LogP contribution in [0.25, 0.3) is 0 Å². The molecule has 5 nitrogen and oxygen atoms in total. The minimum Gasteiger partial charge on any atom is -0.491 e. The zero-order chi connectivity index (χ0) is 26.1. The van der Waals surface area contributed by atoms with Crippen LogP contribution in [0.4, 0.5) is 0 Å². The zero-order valence-electron chi connectivity index (χ0n) is 22.5. The van der Waals surface area contributed by atoms with Crippen molar-refractivity contribution in [2.24, 2.45) is 5.41 Å². The third-order valence-electron chi connectivity index (χ3n) is 7.71. The predicted molar refractivity (Wildman–Crippen MR) is 145 cm³/mol. The van der Waals surface area contributed by atoms with E-state index in [9.17, 15) is 9.90 Å². The van der Waals surface area contributed by atoms with Crippen LogP contribution in [0, 0.1) is 5.41 Å². The number of carboxylic acid groups (broad SMARTS) is 1. The van der Waals surface area contributed by atoms with Crippen molar-refractivity contribution in [1.82, 2.24) is 0 Å². The summed E-state index contributed by atoms with van der Waals surface area (Å²) < 4.78 is 12.9. The van der Waals surface area contributed by atoms with E-state index < -0.39 is 20.4 Å². The Morgan fingerprint density at radius 2 is 1.91 bits per heavy atom. The highest BCUT2D eigenvalue weighted by molar-refractivity contribution is 6.74. The Kier molecular flexibility index (Phi) is 10.8. The average Bonchev–Trinajstić information content (AvgIpc) is 3.06. The summed E-state index contributed by atoms with van der Waals surface area (Å²) in [7, 11) is -1.98. The summed E-state index contributed by atoms with van der Waals surface area (Å²) in [5.41, 5.74) is 0.981. The monoisotopic (exact) mass is 502 g/mol. The molecule has 0 saturated carbocycles. The van der Waals surface area contributed by atoms with Crippen LogP contribution in [-0.4, -0.2) is 43.3 Å². The molecule has 0 saturated heterocycles. The van der Waals surface area contributed by atoms with Crippen molar-refractivity contribution in [2.75, 3.05) is 6.61 Å². The van der Waals surface area contributed by atoms with Gasteiger partial charge in [-0.25, -0.2) is 0 Å². The summed E-state index contributed by atoms with van der Waals surface area (Å²) >= 11 is 0. The number of aliphatic hydroxyl groups is 1. The van der Waals surface area contributed by atoms with Gasteiger partial charge in [-0.15, -0.1) is 0 Å². The van der Waals surface area contributed by atoms with Crippen molar-refractivity contribution in [3.63, 3.8) is 0 Å². The van der Waals surface area contributed by atoms with Gasteiger partial charge in [0.05, 0.1) is 12.2 Å². The molecular formula is C29H46O5Si. The maximum atomic E-state index is 10.8. The summed E-state index contributed by atoms with van der Waals surface area (Å²) in [5.74, 6) is 0.0946. The minimum absolute atomic E-state index is 0.0226. The van der Waals surface area contributed by atoms with Crippen LogP contribution < -0.4 is 4.74 Å². The topological polar surface area (TPSA) is 76.0 Å². The van der Waals surface area contributed by atoms with Gasteiger partial charge in [-0.2, -0.15) is 0 Å². The van der Waals surface area contributed by atoms with Crippen molar-refractivity contribution in [1.29, 1.82) is 0 Å². The van der Waals surface area contributed by atoms with Gasteiger partial charge >= 0.3 is 5.97 Å². The average molecular weight is 503 g/mol. The standard InChI is InChI=1S/C29H46O5Si/c1-28(2,3)35(5,6)34-25(22-33-24-14-10-9-11-15-24)19-17-23-18-20-26(30)29(23,4)21-13-8-7-12-16-27(31)32/h8-11,13-15,18,25-26,30H,7,12,16-17,19-22H2,1-6H3,(H,31,32)/b13-8-/t25-,26-,29+/m0/s1. The van der Waals surface area contributed by atoms with Crippen LogP contribution in [0.2, 0.25) is 18.1 Å². The van der Waals surface area contributed by atoms with E-state index in [2.05, 4.69) is 52.9 Å². The highest BCUT2D eigenvalue weighted by Gasteiger charge is 2.41. The van der Waals surface area contributed by atoms with Gasteiger partial charge in [0.15, 0.2) is 8.32 Å². The second kappa shape index (κ2) is 12.9. The molecule has 0 amide bonds. The summed E-state index contributed by atoms with van der Waals surface area (Å²) in [6, 6.07) is 9.88. The van der Waals surface area contributed by atoms with Crippen molar-refractivity contribution < 1.29 is 24.2 Å². The number of aliphatic hydroxyl groups excluding tert-OH is 1. The molecule has 0 heterocycles. The molecule has 3 atom stereocenters. The highest BCUT2D eigenvalue weighted by atomic mass is 28.4. The van der Waals surface area contributed by atoms with Gasteiger partial charge in [-0.05, 0) is 68.8 Å². The third-order valence-corrected chi connectivity index (χ3v) is 12.2. The molecule has 0 bridgehead atoms. The first kappa shape index (κ1) is 29.3. The number of aliphatic carboxylic acids is 1. The van der Waals surface area contributed by atoms with E-state index in [0.29, 0.717) is 19.4 Å². The van der Waals surface area contributed by atoms with E-state index in [0.717, 1.165) is 31.4 Å². The zero-order valence-corrected chi connectivity index (χ0v) is 23.5. The fraction of sp³-hybridized carbons (Fsp3) is 0.621. The van der Waals surface area contributed by atoms with Crippen molar-refractivity contribution in [3.8, 4) is 5.75 Å². The molecule has 0 unspecified atom stereocenters. The van der Waals surface area contributed by atoms with Crippen molar-refractivity contribution >= 4 is 14.3 Å². The Morgan fingerprint density at radius 3 is 2.54 bits per heavy atom. The Bertz CT molecular complexity index is 856. The lowest BCUT2D eigenvalue weighted by molar-refractivity contribution is -0.137. The van der Waals surface area contributed by atoms with Crippen LogP contribution in [-0.2, 0) is 9.22 Å². The van der Waals surface area contributed by atoms with Crippen LogP contribution in [0.15, 0.2) is 54.1 Å². The number of para-hydroxylation sites is 1. The van der Waals surface area contributed by atoms with Gasteiger partial charge in [0.1, 0.15) is 12.4 Å². The van der Waals surface area contributed by atoms with E-state index in [1.165, 1.54) is 5.57 Å². The first-order valence-electron chi connectivity index (χ1n) is 13.0. The van der Waals surface area contributed by atoms with Crippen LogP contribution in [0.5, 0.6) is 5.75 Å². The number of ether oxygens (including phenoxy) is 1. The number of carbonyl (C=O) groups is 1. The molecule has 0 aromatic heterocycles. The van der Waals surface area contributed by atoms with E-state index in [1.54, 1.807) is 0 Å². The Morgan fingerprint density at radius 1 is 1.23 bits per heavy atom. The van der Waals surface area contributed by atoms with Gasteiger partial charge in [0.2, 0.25) is 0 Å². The molecule has 196 valence electrons. The number of rotatable bonds is 14. The van der Waals surface area contributed by atoms with Crippen LogP contribution in [0.1, 0.15) is 72.6 Å². The number of allylic oxidation sites excluding steroid dienone is 2. The lowest BCUT2D eigenvalue weighted by Crippen LogP contribution is -2.45. The third kappa shape index (κ3) is 8.92. The van der Waals surface area contributed by atoms with E-state index in [1.807, 2.05) is 36.4 Å². The summed E-state index contributed by atoms with van der Waals surface area (Å²) in [5, 5.41) is 19.7. The van der Waals surface area contributed by atoms with Crippen molar-refractivity contribution in [2.45, 2.75) is 103 Å². The molecule has 0 aliphatic heterocycles. The molecular weight excluding hydrogens is 456 g/mol. The molecule has 2 N–H and O–H groups in total. The summed E-state index contributed by atoms with van der Waals surface area (Å²) in [6.07, 6.45) is 10.6. The fourth-order valence-corrected chi connectivity index (χ4v) is 5.60. The van der Waals surface area contributed by atoms with E-state index in [4.69, 9.17) is 14.3 Å². The first-order valence-corrected chi connectivity index (χ1v) is 15.9. The van der Waals surface area contributed by atoms with Gasteiger partial charge in [0, 0.05) is 11.8 Å². The molecule has 1 aliphatic rings. The Labute approximate surface area is 213 Å². The predicted octanol–water partition coefficient (Wildman–Crippen LogP) is 7.13. The molecule has 1 aliphatic carbocycles. The molecule has 6 heteroatoms. The normalized spacial score (nSPS) is 21.8. The molecule has 0 radical (unpaired) electrons. The molecule has 1 aromatic rings. The quantitative estimate of drug-likeness (QED) is 0.161. The second-order valence-electron chi connectivity index (χ2n) is 11.5.